The number of pyridine rings is 1. The number of nitrogens with zero attached hydrogens (tertiary/aromatic N) is 1. The average molecular weight is 348 g/mol. The van der Waals surface area contributed by atoms with Gasteiger partial charge in [0.2, 0.25) is 5.88 Å². The standard InChI is InChI=1S/C12H9BrCl2N2O/c1-16-11-9(14)6-10(15)12(17-11)18-8-4-2-7(13)3-5-8/h2-6H,1H3,(H,16,17). The van der Waals surface area contributed by atoms with E-state index in [4.69, 9.17) is 27.9 Å². The first-order valence-corrected chi connectivity index (χ1v) is 6.62. The zero-order chi connectivity index (χ0) is 13.1. The summed E-state index contributed by atoms with van der Waals surface area (Å²) in [5.41, 5.74) is 0. The van der Waals surface area contributed by atoms with Gasteiger partial charge in [-0.2, -0.15) is 4.98 Å². The van der Waals surface area contributed by atoms with Gasteiger partial charge in [-0.3, -0.25) is 0 Å². The molecule has 0 saturated heterocycles. The van der Waals surface area contributed by atoms with Gasteiger partial charge in [0, 0.05) is 11.5 Å². The van der Waals surface area contributed by atoms with Crippen molar-refractivity contribution in [1.29, 1.82) is 0 Å². The van der Waals surface area contributed by atoms with Crippen LogP contribution in [0.1, 0.15) is 0 Å². The van der Waals surface area contributed by atoms with Crippen molar-refractivity contribution < 1.29 is 4.74 Å². The summed E-state index contributed by atoms with van der Waals surface area (Å²) in [7, 11) is 1.73. The monoisotopic (exact) mass is 346 g/mol. The highest BCUT2D eigenvalue weighted by Gasteiger charge is 2.10. The van der Waals surface area contributed by atoms with E-state index in [0.717, 1.165) is 4.47 Å². The van der Waals surface area contributed by atoms with Crippen LogP contribution in [0.3, 0.4) is 0 Å². The Balaban J connectivity index is 2.31. The van der Waals surface area contributed by atoms with Gasteiger partial charge < -0.3 is 10.1 Å². The molecule has 18 heavy (non-hydrogen) atoms. The Morgan fingerprint density at radius 2 is 1.83 bits per heavy atom. The van der Waals surface area contributed by atoms with Crippen molar-refractivity contribution in [2.75, 3.05) is 12.4 Å². The minimum Gasteiger partial charge on any atom is -0.437 e. The number of aromatic nitrogens is 1. The van der Waals surface area contributed by atoms with Crippen molar-refractivity contribution in [2.45, 2.75) is 0 Å². The van der Waals surface area contributed by atoms with Gasteiger partial charge in [-0.15, -0.1) is 0 Å². The molecule has 2 rings (SSSR count). The molecule has 0 aliphatic rings. The van der Waals surface area contributed by atoms with Gasteiger partial charge in [-0.05, 0) is 30.3 Å². The molecule has 0 aliphatic carbocycles. The van der Waals surface area contributed by atoms with E-state index in [-0.39, 0.29) is 0 Å². The van der Waals surface area contributed by atoms with E-state index in [1.807, 2.05) is 24.3 Å². The molecule has 2 aromatic rings. The predicted molar refractivity (Wildman–Crippen MR) is 78.0 cm³/mol. The van der Waals surface area contributed by atoms with Gasteiger partial charge in [0.25, 0.3) is 0 Å². The van der Waals surface area contributed by atoms with E-state index in [1.54, 1.807) is 13.1 Å². The number of hydrogen-bond acceptors (Lipinski definition) is 3. The number of hydrogen-bond donors (Lipinski definition) is 1. The van der Waals surface area contributed by atoms with Gasteiger partial charge in [-0.25, -0.2) is 0 Å². The summed E-state index contributed by atoms with van der Waals surface area (Å²) in [4.78, 5) is 4.20. The second kappa shape index (κ2) is 5.78. The first kappa shape index (κ1) is 13.5. The van der Waals surface area contributed by atoms with Crippen LogP contribution in [-0.4, -0.2) is 12.0 Å². The summed E-state index contributed by atoms with van der Waals surface area (Å²) in [6, 6.07) is 8.97. The Hall–Kier alpha value is -0.970. The van der Waals surface area contributed by atoms with Gasteiger partial charge in [0.15, 0.2) is 0 Å². The smallest absolute Gasteiger partial charge is 0.240 e. The fraction of sp³-hybridized carbons (Fsp3) is 0.0833. The molecule has 0 radical (unpaired) electrons. The SMILES string of the molecule is CNc1nc(Oc2ccc(Br)cc2)c(Cl)cc1Cl. The third-order valence-electron chi connectivity index (χ3n) is 2.16. The van der Waals surface area contributed by atoms with E-state index < -0.39 is 0 Å². The fourth-order valence-corrected chi connectivity index (χ4v) is 2.07. The van der Waals surface area contributed by atoms with Crippen LogP contribution in [-0.2, 0) is 0 Å². The zero-order valence-corrected chi connectivity index (χ0v) is 12.5. The van der Waals surface area contributed by atoms with Crippen molar-refractivity contribution in [3.63, 3.8) is 0 Å². The highest BCUT2D eigenvalue weighted by atomic mass is 79.9. The van der Waals surface area contributed by atoms with Crippen LogP contribution in [0.5, 0.6) is 11.6 Å². The van der Waals surface area contributed by atoms with Crippen LogP contribution >= 0.6 is 39.1 Å². The van der Waals surface area contributed by atoms with Crippen molar-refractivity contribution in [3.05, 3.63) is 44.8 Å². The first-order valence-electron chi connectivity index (χ1n) is 5.07. The normalized spacial score (nSPS) is 10.2. The maximum absolute atomic E-state index is 6.03. The van der Waals surface area contributed by atoms with E-state index in [0.29, 0.717) is 27.5 Å². The van der Waals surface area contributed by atoms with Gasteiger partial charge in [0.05, 0.1) is 5.02 Å². The Labute approximate surface area is 123 Å². The Kier molecular flexibility index (Phi) is 4.32. The first-order chi connectivity index (χ1) is 8.60. The number of nitrogens with one attached hydrogen (secondary N) is 1. The lowest BCUT2D eigenvalue weighted by molar-refractivity contribution is 0.464. The molecule has 6 heteroatoms. The van der Waals surface area contributed by atoms with E-state index >= 15 is 0 Å². The average Bonchev–Trinajstić information content (AvgIpc) is 2.35. The molecule has 1 heterocycles. The van der Waals surface area contributed by atoms with Crippen LogP contribution in [0, 0.1) is 0 Å². The van der Waals surface area contributed by atoms with Crippen LogP contribution in [0.2, 0.25) is 10.0 Å². The summed E-state index contributed by atoms with van der Waals surface area (Å²) in [5.74, 6) is 1.48. The minimum absolute atomic E-state index is 0.313. The third kappa shape index (κ3) is 3.07. The molecule has 1 aromatic carbocycles. The van der Waals surface area contributed by atoms with Gasteiger partial charge in [0.1, 0.15) is 16.6 Å². The molecule has 0 amide bonds. The summed E-state index contributed by atoms with van der Waals surface area (Å²) < 4.78 is 6.57. The van der Waals surface area contributed by atoms with E-state index in [1.165, 1.54) is 0 Å². The summed E-state index contributed by atoms with van der Waals surface area (Å²) in [6.45, 7) is 0. The summed E-state index contributed by atoms with van der Waals surface area (Å²) in [5, 5.41) is 3.68. The quantitative estimate of drug-likeness (QED) is 0.849. The number of ether oxygens (including phenoxy) is 1. The maximum Gasteiger partial charge on any atom is 0.240 e. The lowest BCUT2D eigenvalue weighted by Crippen LogP contribution is -1.96. The lowest BCUT2D eigenvalue weighted by atomic mass is 10.3. The van der Waals surface area contributed by atoms with Gasteiger partial charge in [-0.1, -0.05) is 39.1 Å². The molecule has 0 aliphatic heterocycles. The Morgan fingerprint density at radius 3 is 2.44 bits per heavy atom. The van der Waals surface area contributed by atoms with E-state index in [9.17, 15) is 0 Å². The molecule has 0 fully saturated rings. The third-order valence-corrected chi connectivity index (χ3v) is 3.25. The largest absolute Gasteiger partial charge is 0.437 e. The van der Waals surface area contributed by atoms with Crippen LogP contribution in [0.25, 0.3) is 0 Å². The fourth-order valence-electron chi connectivity index (χ4n) is 1.31. The van der Waals surface area contributed by atoms with Crippen LogP contribution in [0.4, 0.5) is 5.82 Å². The second-order valence-electron chi connectivity index (χ2n) is 3.41. The number of anilines is 1. The summed E-state index contributed by atoms with van der Waals surface area (Å²) >= 11 is 15.3. The Morgan fingerprint density at radius 1 is 1.17 bits per heavy atom. The van der Waals surface area contributed by atoms with Crippen molar-refractivity contribution in [2.24, 2.45) is 0 Å². The topological polar surface area (TPSA) is 34.2 Å². The molecular formula is C12H9BrCl2N2O. The van der Waals surface area contributed by atoms with E-state index in [2.05, 4.69) is 26.2 Å². The Bertz CT molecular complexity index is 561. The molecule has 94 valence electrons. The minimum atomic E-state index is 0.313. The van der Waals surface area contributed by atoms with Crippen molar-refractivity contribution >= 4 is 44.9 Å². The lowest BCUT2D eigenvalue weighted by Gasteiger charge is -2.09. The highest BCUT2D eigenvalue weighted by molar-refractivity contribution is 9.10. The highest BCUT2D eigenvalue weighted by Crippen LogP contribution is 2.33. The van der Waals surface area contributed by atoms with Gasteiger partial charge >= 0.3 is 0 Å². The molecular weight excluding hydrogens is 339 g/mol. The predicted octanol–water partition coefficient (Wildman–Crippen LogP) is 4.98. The molecule has 0 saturated carbocycles. The van der Waals surface area contributed by atoms with Crippen LogP contribution < -0.4 is 10.1 Å². The number of benzene rings is 1. The molecule has 0 atom stereocenters. The molecule has 0 bridgehead atoms. The van der Waals surface area contributed by atoms with Crippen LogP contribution in [0.15, 0.2) is 34.8 Å². The second-order valence-corrected chi connectivity index (χ2v) is 5.14. The molecule has 0 spiro atoms. The van der Waals surface area contributed by atoms with Crippen molar-refractivity contribution in [3.8, 4) is 11.6 Å². The summed E-state index contributed by atoms with van der Waals surface area (Å²) in [6.07, 6.45) is 0. The number of halogens is 3. The molecule has 0 unspecified atom stereocenters. The zero-order valence-electron chi connectivity index (χ0n) is 9.38. The molecule has 1 aromatic heterocycles. The molecule has 3 nitrogen and oxygen atoms in total. The molecule has 1 N–H and O–H groups in total. The van der Waals surface area contributed by atoms with Crippen molar-refractivity contribution in [1.82, 2.24) is 4.98 Å². The number of rotatable bonds is 3. The maximum atomic E-state index is 6.03.